The molecule has 108 valence electrons. The number of hydrogen-bond acceptors (Lipinski definition) is 4. The van der Waals surface area contributed by atoms with Crippen molar-refractivity contribution in [2.24, 2.45) is 0 Å². The largest absolute Gasteiger partial charge is 0.481 e. The van der Waals surface area contributed by atoms with Gasteiger partial charge in [0.2, 0.25) is 5.91 Å². The average Bonchev–Trinajstić information content (AvgIpc) is 2.82. The van der Waals surface area contributed by atoms with Gasteiger partial charge in [-0.3, -0.25) is 9.59 Å². The third-order valence-electron chi connectivity index (χ3n) is 3.07. The van der Waals surface area contributed by atoms with Crippen molar-refractivity contribution in [2.75, 3.05) is 19.8 Å². The lowest BCUT2D eigenvalue weighted by molar-refractivity contribution is -0.143. The van der Waals surface area contributed by atoms with Crippen molar-refractivity contribution >= 4 is 18.0 Å². The van der Waals surface area contributed by atoms with Gasteiger partial charge >= 0.3 is 5.97 Å². The first-order chi connectivity index (χ1) is 9.56. The molecule has 0 aliphatic carbocycles. The van der Waals surface area contributed by atoms with Gasteiger partial charge in [-0.05, 0) is 25.1 Å². The van der Waals surface area contributed by atoms with Crippen LogP contribution in [0.1, 0.15) is 17.9 Å². The number of morpholine rings is 1. The van der Waals surface area contributed by atoms with Crippen molar-refractivity contribution in [1.29, 1.82) is 0 Å². The Morgan fingerprint density at radius 3 is 2.95 bits per heavy atom. The Kier molecular flexibility index (Phi) is 4.57. The Morgan fingerprint density at radius 2 is 2.30 bits per heavy atom. The fourth-order valence-electron chi connectivity index (χ4n) is 2.11. The second-order valence-electron chi connectivity index (χ2n) is 4.64. The molecule has 0 aromatic carbocycles. The Balaban J connectivity index is 2.02. The van der Waals surface area contributed by atoms with Crippen LogP contribution in [-0.4, -0.2) is 47.7 Å². The number of carboxylic acids is 1. The molecule has 1 amide bonds. The van der Waals surface area contributed by atoms with Crippen molar-refractivity contribution in [3.63, 3.8) is 0 Å². The average molecular weight is 279 g/mol. The van der Waals surface area contributed by atoms with E-state index in [9.17, 15) is 9.59 Å². The predicted molar refractivity (Wildman–Crippen MR) is 71.1 cm³/mol. The summed E-state index contributed by atoms with van der Waals surface area (Å²) in [5.41, 5.74) is 0. The number of rotatable bonds is 4. The zero-order valence-corrected chi connectivity index (χ0v) is 11.2. The van der Waals surface area contributed by atoms with Gasteiger partial charge in [0, 0.05) is 12.6 Å². The van der Waals surface area contributed by atoms with Crippen LogP contribution >= 0.6 is 0 Å². The molecule has 1 unspecified atom stereocenters. The molecule has 1 saturated heterocycles. The summed E-state index contributed by atoms with van der Waals surface area (Å²) in [6.07, 6.45) is 2.88. The van der Waals surface area contributed by atoms with Gasteiger partial charge < -0.3 is 19.2 Å². The summed E-state index contributed by atoms with van der Waals surface area (Å²) >= 11 is 0. The molecular weight excluding hydrogens is 262 g/mol. The molecule has 6 heteroatoms. The molecular formula is C14H17NO5. The van der Waals surface area contributed by atoms with Crippen LogP contribution in [0.3, 0.4) is 0 Å². The van der Waals surface area contributed by atoms with E-state index in [0.29, 0.717) is 18.9 Å². The first-order valence-corrected chi connectivity index (χ1v) is 6.41. The van der Waals surface area contributed by atoms with Crippen molar-refractivity contribution in [2.45, 2.75) is 19.4 Å². The Bertz CT molecular complexity index is 519. The Hall–Kier alpha value is -2.08. The number of carbonyl (C=O) groups excluding carboxylic acids is 1. The van der Waals surface area contributed by atoms with Gasteiger partial charge in [-0.2, -0.15) is 0 Å². The summed E-state index contributed by atoms with van der Waals surface area (Å²) in [5, 5.41) is 8.85. The van der Waals surface area contributed by atoms with E-state index in [1.807, 2.05) is 13.0 Å². The van der Waals surface area contributed by atoms with Crippen LogP contribution in [0, 0.1) is 6.92 Å². The summed E-state index contributed by atoms with van der Waals surface area (Å²) in [6.45, 7) is 2.91. The van der Waals surface area contributed by atoms with E-state index < -0.39 is 12.0 Å². The van der Waals surface area contributed by atoms with Crippen LogP contribution in [0.2, 0.25) is 0 Å². The summed E-state index contributed by atoms with van der Waals surface area (Å²) < 4.78 is 10.6. The molecule has 0 bridgehead atoms. The maximum Gasteiger partial charge on any atom is 0.305 e. The first-order valence-electron chi connectivity index (χ1n) is 6.41. The fourth-order valence-corrected chi connectivity index (χ4v) is 2.11. The number of hydrogen-bond donors (Lipinski definition) is 1. The topological polar surface area (TPSA) is 80.0 Å². The first kappa shape index (κ1) is 14.3. The summed E-state index contributed by atoms with van der Waals surface area (Å²) in [5.74, 6) is 0.198. The molecule has 1 atom stereocenters. The molecule has 1 aliphatic rings. The summed E-state index contributed by atoms with van der Waals surface area (Å²) in [4.78, 5) is 24.4. The maximum absolute atomic E-state index is 12.1. The molecule has 1 aromatic heterocycles. The lowest BCUT2D eigenvalue weighted by Gasteiger charge is -2.34. The van der Waals surface area contributed by atoms with E-state index >= 15 is 0 Å². The van der Waals surface area contributed by atoms with Crippen LogP contribution in [0.5, 0.6) is 0 Å². The van der Waals surface area contributed by atoms with Gasteiger partial charge in [0.05, 0.1) is 25.7 Å². The third-order valence-corrected chi connectivity index (χ3v) is 3.07. The highest BCUT2D eigenvalue weighted by Crippen LogP contribution is 2.13. The van der Waals surface area contributed by atoms with Gasteiger partial charge in [0.1, 0.15) is 11.5 Å². The highest BCUT2D eigenvalue weighted by molar-refractivity contribution is 5.92. The number of nitrogens with zero attached hydrogens (tertiary/aromatic N) is 1. The van der Waals surface area contributed by atoms with E-state index in [2.05, 4.69) is 0 Å². The fraction of sp³-hybridized carbons (Fsp3) is 0.429. The summed E-state index contributed by atoms with van der Waals surface area (Å²) in [7, 11) is 0. The normalized spacial score (nSPS) is 19.4. The zero-order chi connectivity index (χ0) is 14.5. The lowest BCUT2D eigenvalue weighted by Crippen LogP contribution is -2.49. The van der Waals surface area contributed by atoms with Gasteiger partial charge in [-0.15, -0.1) is 0 Å². The number of aliphatic carboxylic acids is 1. The molecule has 0 saturated carbocycles. The lowest BCUT2D eigenvalue weighted by atomic mass is 10.1. The minimum Gasteiger partial charge on any atom is -0.481 e. The van der Waals surface area contributed by atoms with Gasteiger partial charge in [0.15, 0.2) is 0 Å². The molecule has 20 heavy (non-hydrogen) atoms. The second-order valence-corrected chi connectivity index (χ2v) is 4.64. The number of amides is 1. The molecule has 1 aliphatic heterocycles. The maximum atomic E-state index is 12.1. The van der Waals surface area contributed by atoms with Crippen LogP contribution in [-0.2, 0) is 14.3 Å². The second kappa shape index (κ2) is 6.38. The zero-order valence-electron chi connectivity index (χ0n) is 11.2. The van der Waals surface area contributed by atoms with E-state index in [-0.39, 0.29) is 18.9 Å². The molecule has 0 spiro atoms. The van der Waals surface area contributed by atoms with E-state index in [0.717, 1.165) is 5.76 Å². The number of furan rings is 1. The highest BCUT2D eigenvalue weighted by Gasteiger charge is 2.27. The van der Waals surface area contributed by atoms with Crippen LogP contribution in [0.4, 0.5) is 0 Å². The third kappa shape index (κ3) is 3.71. The monoisotopic (exact) mass is 279 g/mol. The van der Waals surface area contributed by atoms with Crippen LogP contribution < -0.4 is 0 Å². The summed E-state index contributed by atoms with van der Waals surface area (Å²) in [6, 6.07) is 3.16. The van der Waals surface area contributed by atoms with Crippen LogP contribution in [0.15, 0.2) is 22.6 Å². The number of aryl methyl sites for hydroxylation is 1. The number of carbonyl (C=O) groups is 2. The Labute approximate surface area is 116 Å². The van der Waals surface area contributed by atoms with Crippen molar-refractivity contribution < 1.29 is 23.8 Å². The van der Waals surface area contributed by atoms with Crippen molar-refractivity contribution in [3.05, 3.63) is 29.7 Å². The minimum atomic E-state index is -0.941. The highest BCUT2D eigenvalue weighted by atomic mass is 16.5. The number of carboxylic acid groups (broad SMARTS) is 1. The molecule has 1 N–H and O–H groups in total. The minimum absolute atomic E-state index is 0.112. The molecule has 0 radical (unpaired) electrons. The molecule has 2 rings (SSSR count). The Morgan fingerprint density at radius 1 is 1.50 bits per heavy atom. The van der Waals surface area contributed by atoms with E-state index in [1.165, 1.54) is 11.0 Å². The quantitative estimate of drug-likeness (QED) is 0.840. The van der Waals surface area contributed by atoms with E-state index in [1.54, 1.807) is 12.1 Å². The van der Waals surface area contributed by atoms with Crippen LogP contribution in [0.25, 0.3) is 6.08 Å². The van der Waals surface area contributed by atoms with Crippen molar-refractivity contribution in [1.82, 2.24) is 4.90 Å². The molecule has 2 heterocycles. The molecule has 6 nitrogen and oxygen atoms in total. The van der Waals surface area contributed by atoms with Gasteiger partial charge in [0.25, 0.3) is 0 Å². The van der Waals surface area contributed by atoms with Crippen molar-refractivity contribution in [3.8, 4) is 0 Å². The molecule has 1 fully saturated rings. The predicted octanol–water partition coefficient (Wildman–Crippen LogP) is 1.30. The standard InChI is InChI=1S/C14H17NO5/c1-10-2-3-12(20-10)4-5-13(16)15-6-7-19-9-11(15)8-14(17)18/h2-5,11H,6-9H2,1H3,(H,17,18)/b5-4+. The van der Waals surface area contributed by atoms with Gasteiger partial charge in [-0.1, -0.05) is 0 Å². The molecule has 1 aromatic rings. The smallest absolute Gasteiger partial charge is 0.305 e. The van der Waals surface area contributed by atoms with E-state index in [4.69, 9.17) is 14.3 Å². The SMILES string of the molecule is Cc1ccc(/C=C/C(=O)N2CCOCC2CC(=O)O)o1. The number of ether oxygens (including phenoxy) is 1. The van der Waals surface area contributed by atoms with Gasteiger partial charge in [-0.25, -0.2) is 0 Å².